The number of aromatic nitrogens is 2. The molecule has 18 heavy (non-hydrogen) atoms. The van der Waals surface area contributed by atoms with Gasteiger partial charge in [0.1, 0.15) is 6.61 Å². The summed E-state index contributed by atoms with van der Waals surface area (Å²) in [5.41, 5.74) is 7.47. The first-order valence-corrected chi connectivity index (χ1v) is 5.99. The molecular weight excluding hydrogens is 230 g/mol. The number of aryl methyl sites for hydroxylation is 1. The Labute approximate surface area is 106 Å². The van der Waals surface area contributed by atoms with Crippen molar-refractivity contribution in [1.82, 2.24) is 10.1 Å². The van der Waals surface area contributed by atoms with Crippen LogP contribution >= 0.6 is 0 Å². The minimum Gasteiger partial charge on any atom is -0.373 e. The van der Waals surface area contributed by atoms with Crippen molar-refractivity contribution in [3.8, 4) is 0 Å². The van der Waals surface area contributed by atoms with Crippen LogP contribution in [0.25, 0.3) is 0 Å². The molecule has 0 bridgehead atoms. The number of nitrogens with two attached hydrogens (primary N) is 1. The normalized spacial score (nSPS) is 10.7. The molecule has 0 aliphatic carbocycles. The molecule has 0 aliphatic rings. The summed E-state index contributed by atoms with van der Waals surface area (Å²) in [5.74, 6) is 0.722. The van der Waals surface area contributed by atoms with Crippen molar-refractivity contribution in [3.63, 3.8) is 0 Å². The number of hydrogen-bond acceptors (Lipinski definition) is 5. The monoisotopic (exact) mass is 247 g/mol. The van der Waals surface area contributed by atoms with Gasteiger partial charge in [-0.3, -0.25) is 4.98 Å². The number of nitrogens with zero attached hydrogens (tertiary/aromatic N) is 2. The van der Waals surface area contributed by atoms with Gasteiger partial charge in [-0.2, -0.15) is 0 Å². The predicted molar refractivity (Wildman–Crippen MR) is 66.6 cm³/mol. The number of pyridine rings is 1. The molecule has 2 heterocycles. The molecule has 5 heteroatoms. The average molecular weight is 247 g/mol. The van der Waals surface area contributed by atoms with E-state index in [4.69, 9.17) is 15.0 Å². The maximum atomic E-state index is 5.51. The molecule has 5 nitrogen and oxygen atoms in total. The van der Waals surface area contributed by atoms with Gasteiger partial charge in [-0.1, -0.05) is 5.16 Å². The highest BCUT2D eigenvalue weighted by Crippen LogP contribution is 2.06. The maximum absolute atomic E-state index is 5.51. The molecule has 0 aliphatic heterocycles. The lowest BCUT2D eigenvalue weighted by Gasteiger charge is -2.02. The van der Waals surface area contributed by atoms with Gasteiger partial charge in [-0.15, -0.1) is 0 Å². The minimum atomic E-state index is 0.394. The van der Waals surface area contributed by atoms with Crippen LogP contribution in [0.3, 0.4) is 0 Å². The molecule has 2 aromatic rings. The van der Waals surface area contributed by atoms with E-state index in [2.05, 4.69) is 10.1 Å². The Morgan fingerprint density at radius 2 is 2.11 bits per heavy atom. The molecule has 0 spiro atoms. The standard InChI is InChI=1S/C13H17N3O2/c14-9-12-8-13(18-16-12)10-17-7-1-2-11-3-5-15-6-4-11/h3-6,8H,1-2,7,9-10,14H2. The van der Waals surface area contributed by atoms with Crippen LogP contribution in [-0.4, -0.2) is 16.7 Å². The van der Waals surface area contributed by atoms with E-state index in [1.807, 2.05) is 18.2 Å². The first kappa shape index (κ1) is 12.7. The van der Waals surface area contributed by atoms with Crippen LogP contribution in [0, 0.1) is 0 Å². The van der Waals surface area contributed by atoms with Gasteiger partial charge in [-0.25, -0.2) is 0 Å². The molecule has 0 aromatic carbocycles. The summed E-state index contributed by atoms with van der Waals surface area (Å²) < 4.78 is 10.6. The Hall–Kier alpha value is -1.72. The Balaban J connectivity index is 1.61. The fourth-order valence-electron chi connectivity index (χ4n) is 1.62. The van der Waals surface area contributed by atoms with Crippen LogP contribution in [0.2, 0.25) is 0 Å². The van der Waals surface area contributed by atoms with E-state index in [9.17, 15) is 0 Å². The molecule has 0 fully saturated rings. The highest BCUT2D eigenvalue weighted by Gasteiger charge is 2.02. The van der Waals surface area contributed by atoms with Crippen LogP contribution in [0.1, 0.15) is 23.4 Å². The van der Waals surface area contributed by atoms with Crippen molar-refractivity contribution in [3.05, 3.63) is 47.6 Å². The van der Waals surface area contributed by atoms with E-state index in [0.29, 0.717) is 19.8 Å². The van der Waals surface area contributed by atoms with Gasteiger partial charge in [0.05, 0.1) is 5.69 Å². The molecule has 0 saturated heterocycles. The highest BCUT2D eigenvalue weighted by atomic mass is 16.5. The lowest BCUT2D eigenvalue weighted by atomic mass is 10.1. The SMILES string of the molecule is NCc1cc(COCCCc2ccncc2)on1. The second-order valence-corrected chi connectivity index (χ2v) is 4.00. The Bertz CT molecular complexity index is 456. The van der Waals surface area contributed by atoms with Gasteiger partial charge in [0.2, 0.25) is 0 Å². The summed E-state index contributed by atoms with van der Waals surface area (Å²) in [5, 5.41) is 3.79. The second kappa shape index (κ2) is 6.88. The Kier molecular flexibility index (Phi) is 4.87. The third-order valence-corrected chi connectivity index (χ3v) is 2.56. The molecule has 2 N–H and O–H groups in total. The topological polar surface area (TPSA) is 74.2 Å². The molecule has 0 atom stereocenters. The van der Waals surface area contributed by atoms with Gasteiger partial charge in [0.25, 0.3) is 0 Å². The van der Waals surface area contributed by atoms with Gasteiger partial charge in [0, 0.05) is 31.6 Å². The highest BCUT2D eigenvalue weighted by molar-refractivity contribution is 5.09. The summed E-state index contributed by atoms with van der Waals surface area (Å²) >= 11 is 0. The van der Waals surface area contributed by atoms with Crippen LogP contribution in [0.15, 0.2) is 35.1 Å². The van der Waals surface area contributed by atoms with Gasteiger partial charge < -0.3 is 15.0 Å². The fraction of sp³-hybridized carbons (Fsp3) is 0.385. The summed E-state index contributed by atoms with van der Waals surface area (Å²) in [7, 11) is 0. The average Bonchev–Trinajstić information content (AvgIpc) is 2.87. The van der Waals surface area contributed by atoms with Crippen molar-refractivity contribution in [2.24, 2.45) is 5.73 Å². The Morgan fingerprint density at radius 3 is 2.83 bits per heavy atom. The summed E-state index contributed by atoms with van der Waals surface area (Å²) in [6, 6.07) is 5.86. The quantitative estimate of drug-likeness (QED) is 0.753. The lowest BCUT2D eigenvalue weighted by molar-refractivity contribution is 0.0992. The molecule has 96 valence electrons. The summed E-state index contributed by atoms with van der Waals surface area (Å²) in [4.78, 5) is 3.98. The smallest absolute Gasteiger partial charge is 0.162 e. The van der Waals surface area contributed by atoms with E-state index in [1.165, 1.54) is 5.56 Å². The molecular formula is C13H17N3O2. The van der Waals surface area contributed by atoms with E-state index >= 15 is 0 Å². The number of rotatable bonds is 7. The third-order valence-electron chi connectivity index (χ3n) is 2.56. The van der Waals surface area contributed by atoms with Gasteiger partial charge in [0.15, 0.2) is 5.76 Å². The van der Waals surface area contributed by atoms with Crippen molar-refractivity contribution < 1.29 is 9.26 Å². The maximum Gasteiger partial charge on any atom is 0.162 e. The van der Waals surface area contributed by atoms with E-state index in [1.54, 1.807) is 12.4 Å². The van der Waals surface area contributed by atoms with Crippen LogP contribution in [0.5, 0.6) is 0 Å². The zero-order valence-electron chi connectivity index (χ0n) is 10.2. The van der Waals surface area contributed by atoms with Gasteiger partial charge >= 0.3 is 0 Å². The van der Waals surface area contributed by atoms with E-state index in [0.717, 1.165) is 24.3 Å². The largest absolute Gasteiger partial charge is 0.373 e. The molecule has 0 amide bonds. The Morgan fingerprint density at radius 1 is 1.28 bits per heavy atom. The van der Waals surface area contributed by atoms with Crippen LogP contribution in [0.4, 0.5) is 0 Å². The zero-order valence-corrected chi connectivity index (χ0v) is 10.2. The molecule has 0 saturated carbocycles. The molecule has 2 aromatic heterocycles. The van der Waals surface area contributed by atoms with Crippen molar-refractivity contribution in [2.45, 2.75) is 26.0 Å². The fourth-order valence-corrected chi connectivity index (χ4v) is 1.62. The molecule has 0 radical (unpaired) electrons. The summed E-state index contributed by atoms with van der Waals surface area (Å²) in [6.07, 6.45) is 5.58. The van der Waals surface area contributed by atoms with Crippen molar-refractivity contribution >= 4 is 0 Å². The first-order chi connectivity index (χ1) is 8.88. The number of ether oxygens (including phenoxy) is 1. The zero-order chi connectivity index (χ0) is 12.6. The van der Waals surface area contributed by atoms with Gasteiger partial charge in [-0.05, 0) is 30.5 Å². The van der Waals surface area contributed by atoms with Crippen molar-refractivity contribution in [2.75, 3.05) is 6.61 Å². The van der Waals surface area contributed by atoms with E-state index < -0.39 is 0 Å². The lowest BCUT2D eigenvalue weighted by Crippen LogP contribution is -1.97. The van der Waals surface area contributed by atoms with Crippen LogP contribution < -0.4 is 5.73 Å². The predicted octanol–water partition coefficient (Wildman–Crippen LogP) is 1.68. The molecule has 0 unspecified atom stereocenters. The number of hydrogen-bond donors (Lipinski definition) is 1. The minimum absolute atomic E-state index is 0.394. The van der Waals surface area contributed by atoms with E-state index in [-0.39, 0.29) is 0 Å². The van der Waals surface area contributed by atoms with Crippen molar-refractivity contribution in [1.29, 1.82) is 0 Å². The second-order valence-electron chi connectivity index (χ2n) is 4.00. The first-order valence-electron chi connectivity index (χ1n) is 5.99. The molecule has 2 rings (SSSR count). The third kappa shape index (κ3) is 3.94. The van der Waals surface area contributed by atoms with Crippen LogP contribution in [-0.2, 0) is 24.3 Å². The summed E-state index contributed by atoms with van der Waals surface area (Å²) in [6.45, 7) is 1.54.